The minimum Gasteiger partial charge on any atom is -0.506 e. The summed E-state index contributed by atoms with van der Waals surface area (Å²) in [6.45, 7) is 0.810. The van der Waals surface area contributed by atoms with Crippen molar-refractivity contribution in [3.8, 4) is 11.5 Å². The molecule has 0 spiro atoms. The van der Waals surface area contributed by atoms with Crippen LogP contribution in [0.4, 0.5) is 10.1 Å². The van der Waals surface area contributed by atoms with Crippen LogP contribution < -0.4 is 20.9 Å². The van der Waals surface area contributed by atoms with E-state index in [0.29, 0.717) is 30.9 Å². The molecule has 0 bridgehead atoms. The fourth-order valence-electron chi connectivity index (χ4n) is 4.74. The molecule has 2 fully saturated rings. The number of ether oxygens (including phenoxy) is 1. The summed E-state index contributed by atoms with van der Waals surface area (Å²) in [5, 5.41) is 16.6. The number of aryl methyl sites for hydroxylation is 1. The zero-order valence-corrected chi connectivity index (χ0v) is 20.3. The number of aromatic hydroxyl groups is 1. The molecule has 10 nitrogen and oxygen atoms in total. The first-order chi connectivity index (χ1) is 17.7. The fourth-order valence-corrected chi connectivity index (χ4v) is 5.87. The summed E-state index contributed by atoms with van der Waals surface area (Å²) < 4.78 is 51.2. The molecule has 1 unspecified atom stereocenters. The van der Waals surface area contributed by atoms with Crippen LogP contribution in [-0.2, 0) is 21.4 Å². The SMILES string of the molecule is O=C1NCCC1Oc1ccc2c(c1)S(=O)(=O)N=C(c1c(O)c3cc(F)ccc3n(CCC3CC3)c1=O)N2. The molecule has 12 heteroatoms. The standard InChI is InChI=1S/C25H23FN4O6S/c26-14-3-6-18-16(11-14)22(31)21(25(33)30(18)10-8-13-1-2-13)23-28-17-5-4-15(12-20(17)37(34,35)29-23)36-19-7-9-27-24(19)32/h3-6,11-13,19,31H,1-2,7-10H2,(H,27,32)(H,28,29). The van der Waals surface area contributed by atoms with Crippen LogP contribution in [0.2, 0.25) is 0 Å². The molecule has 1 amide bonds. The molecule has 3 aliphatic rings. The number of fused-ring (bicyclic) bond motifs is 2. The molecule has 1 aliphatic carbocycles. The number of anilines is 1. The van der Waals surface area contributed by atoms with E-state index < -0.39 is 33.3 Å². The normalized spacial score (nSPS) is 20.2. The number of halogens is 1. The first kappa shape index (κ1) is 23.5. The Morgan fingerprint density at radius 2 is 1.95 bits per heavy atom. The summed E-state index contributed by atoms with van der Waals surface area (Å²) in [5.74, 6) is -1.12. The smallest absolute Gasteiger partial charge is 0.286 e. The number of aromatic nitrogens is 1. The number of amides is 1. The predicted octanol–water partition coefficient (Wildman–Crippen LogP) is 2.47. The highest BCUT2D eigenvalue weighted by Gasteiger charge is 2.32. The Morgan fingerprint density at radius 3 is 2.68 bits per heavy atom. The fraction of sp³-hybridized carbons (Fsp3) is 0.320. The van der Waals surface area contributed by atoms with Gasteiger partial charge in [-0.2, -0.15) is 8.42 Å². The Labute approximate surface area is 210 Å². The number of hydrogen-bond donors (Lipinski definition) is 3. The second kappa shape index (κ2) is 8.58. The number of carbonyl (C=O) groups is 1. The van der Waals surface area contributed by atoms with Crippen molar-refractivity contribution in [3.05, 3.63) is 58.1 Å². The first-order valence-corrected chi connectivity index (χ1v) is 13.4. The lowest BCUT2D eigenvalue weighted by Gasteiger charge is -2.21. The average Bonchev–Trinajstić information content (AvgIpc) is 3.60. The van der Waals surface area contributed by atoms with Crippen molar-refractivity contribution in [2.24, 2.45) is 10.3 Å². The van der Waals surface area contributed by atoms with E-state index >= 15 is 0 Å². The van der Waals surface area contributed by atoms with E-state index in [1.54, 1.807) is 0 Å². The molecule has 37 heavy (non-hydrogen) atoms. The van der Waals surface area contributed by atoms with E-state index in [4.69, 9.17) is 4.74 Å². The Hall–Kier alpha value is -3.93. The summed E-state index contributed by atoms with van der Waals surface area (Å²) in [5.41, 5.74) is -0.512. The van der Waals surface area contributed by atoms with Gasteiger partial charge in [0.25, 0.3) is 21.5 Å². The second-order valence-corrected chi connectivity index (χ2v) is 11.0. The maximum atomic E-state index is 14.1. The zero-order valence-electron chi connectivity index (χ0n) is 19.5. The number of hydrogen-bond acceptors (Lipinski definition) is 7. The molecule has 1 aromatic heterocycles. The predicted molar refractivity (Wildman–Crippen MR) is 133 cm³/mol. The van der Waals surface area contributed by atoms with Gasteiger partial charge in [0, 0.05) is 31.0 Å². The molecule has 3 heterocycles. The molecule has 1 saturated heterocycles. The largest absolute Gasteiger partial charge is 0.506 e. The van der Waals surface area contributed by atoms with Crippen molar-refractivity contribution >= 4 is 38.4 Å². The monoisotopic (exact) mass is 526 g/mol. The lowest BCUT2D eigenvalue weighted by Crippen LogP contribution is -2.33. The number of nitrogens with zero attached hydrogens (tertiary/aromatic N) is 2. The van der Waals surface area contributed by atoms with Gasteiger partial charge in [-0.05, 0) is 42.7 Å². The molecular formula is C25H23FN4O6S. The average molecular weight is 527 g/mol. The minimum absolute atomic E-state index is 0.0803. The third kappa shape index (κ3) is 4.20. The Morgan fingerprint density at radius 1 is 1.14 bits per heavy atom. The number of nitrogens with one attached hydrogen (secondary N) is 2. The van der Waals surface area contributed by atoms with E-state index in [9.17, 15) is 27.5 Å². The summed E-state index contributed by atoms with van der Waals surface area (Å²) in [4.78, 5) is 25.2. The molecule has 2 aliphatic heterocycles. The Balaban J connectivity index is 1.43. The molecular weight excluding hydrogens is 503 g/mol. The van der Waals surface area contributed by atoms with Crippen LogP contribution in [0.15, 0.2) is 50.5 Å². The van der Waals surface area contributed by atoms with Crippen molar-refractivity contribution in [3.63, 3.8) is 0 Å². The van der Waals surface area contributed by atoms with Crippen molar-refractivity contribution in [1.82, 2.24) is 9.88 Å². The van der Waals surface area contributed by atoms with Gasteiger partial charge < -0.3 is 25.0 Å². The number of amidine groups is 1. The van der Waals surface area contributed by atoms with Crippen molar-refractivity contribution in [1.29, 1.82) is 0 Å². The van der Waals surface area contributed by atoms with Crippen LogP contribution >= 0.6 is 0 Å². The lowest BCUT2D eigenvalue weighted by molar-refractivity contribution is -0.124. The quantitative estimate of drug-likeness (QED) is 0.448. The highest BCUT2D eigenvalue weighted by atomic mass is 32.2. The van der Waals surface area contributed by atoms with Crippen molar-refractivity contribution in [2.75, 3.05) is 11.9 Å². The van der Waals surface area contributed by atoms with Crippen LogP contribution in [-0.4, -0.2) is 42.5 Å². The summed E-state index contributed by atoms with van der Waals surface area (Å²) in [7, 11) is -4.32. The summed E-state index contributed by atoms with van der Waals surface area (Å²) in [6, 6.07) is 7.94. The van der Waals surface area contributed by atoms with Crippen molar-refractivity contribution < 1.29 is 27.4 Å². The van der Waals surface area contributed by atoms with E-state index in [1.807, 2.05) is 0 Å². The second-order valence-electron chi connectivity index (χ2n) is 9.46. The number of carbonyl (C=O) groups excluding carboxylic acids is 1. The van der Waals surface area contributed by atoms with E-state index in [-0.39, 0.29) is 39.0 Å². The number of pyridine rings is 1. The number of rotatable bonds is 6. The van der Waals surface area contributed by atoms with Crippen LogP contribution in [0.5, 0.6) is 11.5 Å². The highest BCUT2D eigenvalue weighted by Crippen LogP contribution is 2.36. The third-order valence-electron chi connectivity index (χ3n) is 6.87. The third-order valence-corrected chi connectivity index (χ3v) is 8.18. The number of sulfonamides is 1. The number of benzene rings is 2. The molecule has 1 atom stereocenters. The molecule has 192 valence electrons. The van der Waals surface area contributed by atoms with Crippen LogP contribution in [0.3, 0.4) is 0 Å². The van der Waals surface area contributed by atoms with E-state index in [0.717, 1.165) is 25.3 Å². The molecule has 3 N–H and O–H groups in total. The van der Waals surface area contributed by atoms with Gasteiger partial charge >= 0.3 is 0 Å². The molecule has 0 radical (unpaired) electrons. The first-order valence-electron chi connectivity index (χ1n) is 12.0. The van der Waals surface area contributed by atoms with Crippen molar-refractivity contribution in [2.45, 2.75) is 43.2 Å². The van der Waals surface area contributed by atoms with Crippen LogP contribution in [0, 0.1) is 11.7 Å². The van der Waals surface area contributed by atoms with Gasteiger partial charge in [-0.3, -0.25) is 9.59 Å². The van der Waals surface area contributed by atoms with Gasteiger partial charge in [-0.25, -0.2) is 4.39 Å². The zero-order chi connectivity index (χ0) is 25.9. The molecule has 1 saturated carbocycles. The highest BCUT2D eigenvalue weighted by molar-refractivity contribution is 7.90. The van der Waals surface area contributed by atoms with Gasteiger partial charge in [-0.1, -0.05) is 12.8 Å². The Bertz CT molecular complexity index is 1660. The molecule has 3 aromatic rings. The summed E-state index contributed by atoms with van der Waals surface area (Å²) >= 11 is 0. The van der Waals surface area contributed by atoms with E-state index in [2.05, 4.69) is 15.0 Å². The Kier molecular flexibility index (Phi) is 5.44. The maximum absolute atomic E-state index is 14.1. The molecule has 2 aromatic carbocycles. The van der Waals surface area contributed by atoms with Gasteiger partial charge in [0.2, 0.25) is 0 Å². The molecule has 6 rings (SSSR count). The van der Waals surface area contributed by atoms with Crippen LogP contribution in [0.25, 0.3) is 10.9 Å². The lowest BCUT2D eigenvalue weighted by atomic mass is 10.1. The maximum Gasteiger partial charge on any atom is 0.286 e. The summed E-state index contributed by atoms with van der Waals surface area (Å²) in [6.07, 6.45) is 2.62. The topological polar surface area (TPSA) is 139 Å². The van der Waals surface area contributed by atoms with Crippen LogP contribution in [0.1, 0.15) is 31.2 Å². The van der Waals surface area contributed by atoms with Gasteiger partial charge in [0.05, 0.1) is 11.2 Å². The minimum atomic E-state index is -4.32. The van der Waals surface area contributed by atoms with Gasteiger partial charge in [-0.15, -0.1) is 4.40 Å². The van der Waals surface area contributed by atoms with Gasteiger partial charge in [0.1, 0.15) is 27.8 Å². The van der Waals surface area contributed by atoms with Gasteiger partial charge in [0.15, 0.2) is 11.9 Å². The van der Waals surface area contributed by atoms with E-state index in [1.165, 1.54) is 34.9 Å².